The van der Waals surface area contributed by atoms with E-state index >= 15 is 0 Å². The summed E-state index contributed by atoms with van der Waals surface area (Å²) in [6, 6.07) is 2.12. The van der Waals surface area contributed by atoms with Crippen LogP contribution in [0.25, 0.3) is 5.65 Å². The van der Waals surface area contributed by atoms with Gasteiger partial charge in [0.1, 0.15) is 0 Å². The van der Waals surface area contributed by atoms with Crippen molar-refractivity contribution in [2.24, 2.45) is 5.73 Å². The first-order chi connectivity index (χ1) is 6.75. The molecule has 0 saturated carbocycles. The highest BCUT2D eigenvalue weighted by Crippen LogP contribution is 2.05. The number of aryl methyl sites for hydroxylation is 1. The van der Waals surface area contributed by atoms with Crippen LogP contribution in [0.1, 0.15) is 18.9 Å². The number of nitrogens with two attached hydrogens (primary N) is 1. The molecule has 1 atom stereocenters. The maximum atomic E-state index is 5.69. The molecule has 2 aromatic rings. The van der Waals surface area contributed by atoms with Gasteiger partial charge < -0.3 is 5.73 Å². The van der Waals surface area contributed by atoms with E-state index in [4.69, 9.17) is 5.73 Å². The molecule has 0 saturated heterocycles. The van der Waals surface area contributed by atoms with Crippen molar-refractivity contribution in [2.45, 2.75) is 25.8 Å². The molecular formula is C10H14N4. The van der Waals surface area contributed by atoms with Crippen LogP contribution in [0.15, 0.2) is 24.7 Å². The lowest BCUT2D eigenvalue weighted by Crippen LogP contribution is -2.15. The number of fused-ring (bicyclic) bond motifs is 1. The van der Waals surface area contributed by atoms with Crippen LogP contribution < -0.4 is 5.73 Å². The molecule has 74 valence electrons. The van der Waals surface area contributed by atoms with Gasteiger partial charge in [-0.1, -0.05) is 0 Å². The highest BCUT2D eigenvalue weighted by atomic mass is 15.2. The van der Waals surface area contributed by atoms with Crippen molar-refractivity contribution in [1.29, 1.82) is 0 Å². The summed E-state index contributed by atoms with van der Waals surface area (Å²) in [5.74, 6) is 0. The predicted molar refractivity (Wildman–Crippen MR) is 55.0 cm³/mol. The molecule has 0 aliphatic rings. The third kappa shape index (κ3) is 1.90. The van der Waals surface area contributed by atoms with Crippen LogP contribution in [0.3, 0.4) is 0 Å². The van der Waals surface area contributed by atoms with Gasteiger partial charge in [0.05, 0.1) is 6.20 Å². The fourth-order valence-corrected chi connectivity index (χ4v) is 1.37. The van der Waals surface area contributed by atoms with E-state index in [9.17, 15) is 0 Å². The van der Waals surface area contributed by atoms with Gasteiger partial charge >= 0.3 is 0 Å². The smallest absolute Gasteiger partial charge is 0.154 e. The molecule has 0 amide bonds. The monoisotopic (exact) mass is 190 g/mol. The molecule has 4 nitrogen and oxygen atoms in total. The van der Waals surface area contributed by atoms with Gasteiger partial charge in [-0.3, -0.25) is 0 Å². The summed E-state index contributed by atoms with van der Waals surface area (Å²) in [5, 5.41) is 4.13. The Labute approximate surface area is 82.8 Å². The molecule has 0 fully saturated rings. The van der Waals surface area contributed by atoms with Crippen molar-refractivity contribution < 1.29 is 0 Å². The van der Waals surface area contributed by atoms with Gasteiger partial charge in [0, 0.05) is 24.5 Å². The van der Waals surface area contributed by atoms with Crippen LogP contribution in [-0.4, -0.2) is 20.6 Å². The molecule has 0 spiro atoms. The molecule has 2 N–H and O–H groups in total. The maximum absolute atomic E-state index is 5.69. The summed E-state index contributed by atoms with van der Waals surface area (Å²) in [6.45, 7) is 2.01. The van der Waals surface area contributed by atoms with E-state index in [2.05, 4.69) is 10.1 Å². The first-order valence-electron chi connectivity index (χ1n) is 4.79. The molecule has 0 aliphatic heterocycles. The lowest BCUT2D eigenvalue weighted by atomic mass is 10.1. The molecule has 0 unspecified atom stereocenters. The van der Waals surface area contributed by atoms with Gasteiger partial charge in [-0.15, -0.1) is 0 Å². The Morgan fingerprint density at radius 2 is 2.43 bits per heavy atom. The van der Waals surface area contributed by atoms with Crippen molar-refractivity contribution in [3.8, 4) is 0 Å². The fourth-order valence-electron chi connectivity index (χ4n) is 1.37. The molecule has 0 radical (unpaired) electrons. The number of rotatable bonds is 3. The second-order valence-electron chi connectivity index (χ2n) is 3.61. The van der Waals surface area contributed by atoms with E-state index in [1.165, 1.54) is 5.56 Å². The van der Waals surface area contributed by atoms with Gasteiger partial charge in [-0.25, -0.2) is 9.50 Å². The zero-order valence-corrected chi connectivity index (χ0v) is 8.22. The minimum atomic E-state index is 0.239. The van der Waals surface area contributed by atoms with E-state index in [-0.39, 0.29) is 6.04 Å². The first-order valence-corrected chi connectivity index (χ1v) is 4.79. The van der Waals surface area contributed by atoms with Crippen molar-refractivity contribution in [3.63, 3.8) is 0 Å². The Morgan fingerprint density at radius 1 is 1.57 bits per heavy atom. The Bertz CT molecular complexity index is 419. The van der Waals surface area contributed by atoms with Crippen LogP contribution in [-0.2, 0) is 6.42 Å². The topological polar surface area (TPSA) is 56.2 Å². The normalized spacial score (nSPS) is 13.3. The SMILES string of the molecule is C[C@@H](N)CCc1cnc2ccnn2c1. The molecule has 4 heteroatoms. The van der Waals surface area contributed by atoms with Crippen molar-refractivity contribution in [1.82, 2.24) is 14.6 Å². The molecular weight excluding hydrogens is 176 g/mol. The van der Waals surface area contributed by atoms with E-state index in [0.717, 1.165) is 18.5 Å². The minimum Gasteiger partial charge on any atom is -0.328 e. The van der Waals surface area contributed by atoms with Crippen LogP contribution >= 0.6 is 0 Å². The van der Waals surface area contributed by atoms with Crippen molar-refractivity contribution in [2.75, 3.05) is 0 Å². The van der Waals surface area contributed by atoms with Crippen molar-refractivity contribution in [3.05, 3.63) is 30.2 Å². The van der Waals surface area contributed by atoms with E-state index in [1.54, 1.807) is 10.7 Å². The zero-order chi connectivity index (χ0) is 9.97. The standard InChI is InChI=1S/C10H14N4/c1-8(11)2-3-9-6-12-10-4-5-13-14(10)7-9/h4-8H,2-3,11H2,1H3/t8-/m1/s1. The number of hydrogen-bond acceptors (Lipinski definition) is 3. The Balaban J connectivity index is 2.17. The predicted octanol–water partition coefficient (Wildman–Crippen LogP) is 1.01. The van der Waals surface area contributed by atoms with Gasteiger partial charge in [0.2, 0.25) is 0 Å². The summed E-state index contributed by atoms with van der Waals surface area (Å²) in [7, 11) is 0. The second kappa shape index (κ2) is 3.75. The summed E-state index contributed by atoms with van der Waals surface area (Å²) in [6.07, 6.45) is 7.58. The van der Waals surface area contributed by atoms with E-state index in [0.29, 0.717) is 0 Å². The summed E-state index contributed by atoms with van der Waals surface area (Å²) >= 11 is 0. The van der Waals surface area contributed by atoms with Crippen LogP contribution in [0, 0.1) is 0 Å². The second-order valence-corrected chi connectivity index (χ2v) is 3.61. The Morgan fingerprint density at radius 3 is 3.21 bits per heavy atom. The lowest BCUT2D eigenvalue weighted by molar-refractivity contribution is 0.662. The molecule has 0 aromatic carbocycles. The third-order valence-electron chi connectivity index (χ3n) is 2.19. The van der Waals surface area contributed by atoms with Gasteiger partial charge in [-0.05, 0) is 25.3 Å². The average Bonchev–Trinajstić information content (AvgIpc) is 2.61. The molecule has 2 heterocycles. The molecule has 2 rings (SSSR count). The lowest BCUT2D eigenvalue weighted by Gasteiger charge is -2.04. The first kappa shape index (κ1) is 9.15. The molecule has 0 aliphatic carbocycles. The summed E-state index contributed by atoms with van der Waals surface area (Å²) in [4.78, 5) is 4.28. The number of aromatic nitrogens is 3. The largest absolute Gasteiger partial charge is 0.328 e. The van der Waals surface area contributed by atoms with Crippen LogP contribution in [0.5, 0.6) is 0 Å². The molecule has 0 bridgehead atoms. The zero-order valence-electron chi connectivity index (χ0n) is 8.22. The Kier molecular flexibility index (Phi) is 2.45. The van der Waals surface area contributed by atoms with Gasteiger partial charge in [-0.2, -0.15) is 5.10 Å². The molecule has 2 aromatic heterocycles. The summed E-state index contributed by atoms with van der Waals surface area (Å²) in [5.41, 5.74) is 7.75. The minimum absolute atomic E-state index is 0.239. The fraction of sp³-hybridized carbons (Fsp3) is 0.400. The number of hydrogen-bond donors (Lipinski definition) is 1. The average molecular weight is 190 g/mol. The third-order valence-corrected chi connectivity index (χ3v) is 2.19. The van der Waals surface area contributed by atoms with Crippen LogP contribution in [0.2, 0.25) is 0 Å². The van der Waals surface area contributed by atoms with E-state index < -0.39 is 0 Å². The Hall–Kier alpha value is -1.42. The van der Waals surface area contributed by atoms with Gasteiger partial charge in [0.15, 0.2) is 5.65 Å². The highest BCUT2D eigenvalue weighted by Gasteiger charge is 1.99. The van der Waals surface area contributed by atoms with E-state index in [1.807, 2.05) is 25.4 Å². The summed E-state index contributed by atoms with van der Waals surface area (Å²) < 4.78 is 1.79. The van der Waals surface area contributed by atoms with Crippen molar-refractivity contribution >= 4 is 5.65 Å². The highest BCUT2D eigenvalue weighted by molar-refractivity contribution is 5.35. The van der Waals surface area contributed by atoms with Crippen LogP contribution in [0.4, 0.5) is 0 Å². The maximum Gasteiger partial charge on any atom is 0.154 e. The molecule has 14 heavy (non-hydrogen) atoms. The number of nitrogens with zero attached hydrogens (tertiary/aromatic N) is 3. The van der Waals surface area contributed by atoms with Gasteiger partial charge in [0.25, 0.3) is 0 Å². The quantitative estimate of drug-likeness (QED) is 0.785.